The van der Waals surface area contributed by atoms with Crippen molar-refractivity contribution in [1.29, 1.82) is 0 Å². The normalized spacial score (nSPS) is 23.0. The van der Waals surface area contributed by atoms with Crippen molar-refractivity contribution in [1.82, 2.24) is 10.6 Å². The summed E-state index contributed by atoms with van der Waals surface area (Å²) in [5, 5.41) is 6.06. The van der Waals surface area contributed by atoms with Crippen molar-refractivity contribution in [2.75, 3.05) is 24.5 Å². The lowest BCUT2D eigenvalue weighted by molar-refractivity contribution is -0.133. The predicted molar refractivity (Wildman–Crippen MR) is 104 cm³/mol. The van der Waals surface area contributed by atoms with Gasteiger partial charge < -0.3 is 15.5 Å². The molecule has 1 aromatic carbocycles. The molecule has 1 saturated heterocycles. The van der Waals surface area contributed by atoms with Gasteiger partial charge in [0, 0.05) is 31.7 Å². The van der Waals surface area contributed by atoms with E-state index in [1.165, 1.54) is 17.7 Å². The molecule has 1 unspecified atom stereocenters. The number of aryl methyl sites for hydroxylation is 1. The van der Waals surface area contributed by atoms with E-state index in [9.17, 15) is 9.59 Å². The third kappa shape index (κ3) is 4.19. The summed E-state index contributed by atoms with van der Waals surface area (Å²) in [5.41, 5.74) is 2.05. The lowest BCUT2D eigenvalue weighted by Gasteiger charge is -2.32. The Morgan fingerprint density at radius 2 is 2.08 bits per heavy atom. The largest absolute Gasteiger partial charge is 0.371 e. The molecule has 2 aliphatic heterocycles. The van der Waals surface area contributed by atoms with Crippen LogP contribution in [0.5, 0.6) is 0 Å². The first kappa shape index (κ1) is 18.7. The molecule has 26 heavy (non-hydrogen) atoms. The van der Waals surface area contributed by atoms with Crippen molar-refractivity contribution in [3.63, 3.8) is 0 Å². The number of amides is 2. The Kier molecular flexibility index (Phi) is 6.17. The topological polar surface area (TPSA) is 61.4 Å². The van der Waals surface area contributed by atoms with Crippen molar-refractivity contribution in [3.05, 3.63) is 29.8 Å². The maximum atomic E-state index is 12.8. The van der Waals surface area contributed by atoms with Crippen LogP contribution in [0.2, 0.25) is 0 Å². The summed E-state index contributed by atoms with van der Waals surface area (Å²) in [7, 11) is 0. The molecule has 0 radical (unpaired) electrons. The average molecular weight is 357 g/mol. The zero-order valence-corrected chi connectivity index (χ0v) is 15.9. The number of nitrogens with zero attached hydrogens (tertiary/aromatic N) is 1. The molecule has 0 aromatic heterocycles. The van der Waals surface area contributed by atoms with Gasteiger partial charge in [-0.05, 0) is 50.2 Å². The van der Waals surface area contributed by atoms with E-state index in [1.54, 1.807) is 0 Å². The molecule has 1 fully saturated rings. The summed E-state index contributed by atoms with van der Waals surface area (Å²) >= 11 is 0. The van der Waals surface area contributed by atoms with Gasteiger partial charge in [-0.15, -0.1) is 0 Å². The molecule has 5 heteroatoms. The second-order valence-corrected chi connectivity index (χ2v) is 7.52. The first-order chi connectivity index (χ1) is 12.6. The Balaban J connectivity index is 1.50. The number of anilines is 1. The number of carbonyl (C=O) groups is 2. The summed E-state index contributed by atoms with van der Waals surface area (Å²) in [6.45, 7) is 4.66. The number of para-hydroxylation sites is 1. The van der Waals surface area contributed by atoms with Gasteiger partial charge in [0.15, 0.2) is 0 Å². The third-order valence-corrected chi connectivity index (χ3v) is 5.77. The van der Waals surface area contributed by atoms with Crippen LogP contribution in [0.4, 0.5) is 5.69 Å². The van der Waals surface area contributed by atoms with Crippen LogP contribution in [0.3, 0.4) is 0 Å². The Labute approximate surface area is 156 Å². The van der Waals surface area contributed by atoms with Gasteiger partial charge in [-0.25, -0.2) is 0 Å². The molecule has 2 heterocycles. The number of benzene rings is 1. The second kappa shape index (κ2) is 8.56. The van der Waals surface area contributed by atoms with Crippen LogP contribution in [-0.2, 0) is 16.0 Å². The molecule has 1 aromatic rings. The van der Waals surface area contributed by atoms with Gasteiger partial charge in [-0.1, -0.05) is 31.5 Å². The number of fused-ring (bicyclic) bond motifs is 1. The van der Waals surface area contributed by atoms with Crippen LogP contribution in [-0.4, -0.2) is 37.0 Å². The summed E-state index contributed by atoms with van der Waals surface area (Å²) in [4.78, 5) is 27.1. The van der Waals surface area contributed by atoms with Gasteiger partial charge in [0.2, 0.25) is 11.8 Å². The van der Waals surface area contributed by atoms with Crippen LogP contribution in [0, 0.1) is 0 Å². The molecular formula is C21H31N3O2. The second-order valence-electron chi connectivity index (χ2n) is 7.52. The monoisotopic (exact) mass is 357 g/mol. The molecule has 142 valence electrons. The lowest BCUT2D eigenvalue weighted by atomic mass is 9.89. The number of hydrogen-bond donors (Lipinski definition) is 2. The van der Waals surface area contributed by atoms with Gasteiger partial charge in [0.05, 0.1) is 0 Å². The molecular weight excluding hydrogens is 326 g/mol. The highest BCUT2D eigenvalue weighted by molar-refractivity contribution is 5.91. The highest BCUT2D eigenvalue weighted by atomic mass is 16.2. The van der Waals surface area contributed by atoms with Crippen molar-refractivity contribution in [2.45, 2.75) is 63.8 Å². The van der Waals surface area contributed by atoms with E-state index >= 15 is 0 Å². The van der Waals surface area contributed by atoms with Gasteiger partial charge in [-0.2, -0.15) is 0 Å². The van der Waals surface area contributed by atoms with Crippen molar-refractivity contribution < 1.29 is 9.59 Å². The molecule has 2 amide bonds. The fourth-order valence-corrected chi connectivity index (χ4v) is 4.19. The van der Waals surface area contributed by atoms with Crippen LogP contribution < -0.4 is 15.5 Å². The first-order valence-corrected chi connectivity index (χ1v) is 10.1. The fourth-order valence-electron chi connectivity index (χ4n) is 4.19. The molecule has 1 atom stereocenters. The van der Waals surface area contributed by atoms with Gasteiger partial charge in [0.1, 0.15) is 5.54 Å². The van der Waals surface area contributed by atoms with Crippen LogP contribution >= 0.6 is 0 Å². The molecule has 0 bridgehead atoms. The number of carbonyl (C=O) groups excluding carboxylic acids is 2. The zero-order valence-electron chi connectivity index (χ0n) is 15.9. The minimum atomic E-state index is -0.717. The minimum absolute atomic E-state index is 0.00410. The highest BCUT2D eigenvalue weighted by Crippen LogP contribution is 2.26. The summed E-state index contributed by atoms with van der Waals surface area (Å²) < 4.78 is 0. The van der Waals surface area contributed by atoms with Crippen LogP contribution in [0.15, 0.2) is 24.3 Å². The van der Waals surface area contributed by atoms with E-state index in [-0.39, 0.29) is 11.8 Å². The van der Waals surface area contributed by atoms with E-state index < -0.39 is 5.54 Å². The van der Waals surface area contributed by atoms with Crippen LogP contribution in [0.25, 0.3) is 0 Å². The van der Waals surface area contributed by atoms with Gasteiger partial charge in [-0.3, -0.25) is 9.59 Å². The Morgan fingerprint density at radius 1 is 1.23 bits per heavy atom. The molecule has 3 rings (SSSR count). The van der Waals surface area contributed by atoms with E-state index in [0.717, 1.165) is 45.2 Å². The molecule has 2 aliphatic rings. The van der Waals surface area contributed by atoms with Crippen molar-refractivity contribution in [3.8, 4) is 0 Å². The summed E-state index contributed by atoms with van der Waals surface area (Å²) in [5.74, 6) is -0.0151. The van der Waals surface area contributed by atoms with Crippen molar-refractivity contribution in [2.24, 2.45) is 0 Å². The van der Waals surface area contributed by atoms with Crippen molar-refractivity contribution >= 4 is 17.5 Å². The minimum Gasteiger partial charge on any atom is -0.371 e. The summed E-state index contributed by atoms with van der Waals surface area (Å²) in [6, 6.07) is 8.61. The molecule has 0 aliphatic carbocycles. The maximum Gasteiger partial charge on any atom is 0.245 e. The van der Waals surface area contributed by atoms with E-state index in [4.69, 9.17) is 0 Å². The van der Waals surface area contributed by atoms with E-state index in [0.29, 0.717) is 19.4 Å². The SMILES string of the molecule is CCC1(C(=O)NCCCN2CCCc3ccccc32)CCCCC(=O)N1. The van der Waals surface area contributed by atoms with Gasteiger partial charge in [0.25, 0.3) is 0 Å². The molecule has 0 spiro atoms. The predicted octanol–water partition coefficient (Wildman–Crippen LogP) is 2.78. The first-order valence-electron chi connectivity index (χ1n) is 10.1. The maximum absolute atomic E-state index is 12.8. The van der Waals surface area contributed by atoms with Gasteiger partial charge >= 0.3 is 0 Å². The van der Waals surface area contributed by atoms with E-state index in [2.05, 4.69) is 39.8 Å². The smallest absolute Gasteiger partial charge is 0.245 e. The number of nitrogens with one attached hydrogen (secondary N) is 2. The molecule has 5 nitrogen and oxygen atoms in total. The Morgan fingerprint density at radius 3 is 2.92 bits per heavy atom. The quantitative estimate of drug-likeness (QED) is 0.770. The van der Waals surface area contributed by atoms with E-state index in [1.807, 2.05) is 6.92 Å². The number of hydrogen-bond acceptors (Lipinski definition) is 3. The standard InChI is InChI=1S/C21H31N3O2/c1-2-21(13-6-5-12-19(25)23-21)20(26)22-14-8-16-24-15-7-10-17-9-3-4-11-18(17)24/h3-4,9,11H,2,5-8,10,12-16H2,1H3,(H,22,26)(H,23,25). The third-order valence-electron chi connectivity index (χ3n) is 5.77. The number of rotatable bonds is 6. The zero-order chi connectivity index (χ0) is 18.4. The lowest BCUT2D eigenvalue weighted by Crippen LogP contribution is -2.58. The molecule has 2 N–H and O–H groups in total. The fraction of sp³-hybridized carbons (Fsp3) is 0.619. The van der Waals surface area contributed by atoms with Crippen LogP contribution in [0.1, 0.15) is 57.4 Å². The Hall–Kier alpha value is -2.04. The Bertz CT molecular complexity index is 646. The highest BCUT2D eigenvalue weighted by Gasteiger charge is 2.38. The summed E-state index contributed by atoms with van der Waals surface area (Å²) in [6.07, 6.45) is 6.96. The molecule has 0 saturated carbocycles. The average Bonchev–Trinajstić information content (AvgIpc) is 2.87.